The molecule has 20 heavy (non-hydrogen) atoms. The van der Waals surface area contributed by atoms with Gasteiger partial charge in [0.15, 0.2) is 0 Å². The van der Waals surface area contributed by atoms with E-state index in [0.717, 1.165) is 24.2 Å². The molecule has 3 rings (SSSR count). The summed E-state index contributed by atoms with van der Waals surface area (Å²) in [5.74, 6) is 0.910. The van der Waals surface area contributed by atoms with Crippen molar-refractivity contribution in [2.24, 2.45) is 11.1 Å². The SMILES string of the molecule is CC(C)(C)Cc1ccc2c(c1)[C@@H](N)C[C@]1(C[C@H](O)C1)O2. The fourth-order valence-electron chi connectivity index (χ4n) is 3.54. The maximum Gasteiger partial charge on any atom is 0.124 e. The average molecular weight is 275 g/mol. The van der Waals surface area contributed by atoms with Crippen LogP contribution in [0.4, 0.5) is 0 Å². The van der Waals surface area contributed by atoms with Crippen molar-refractivity contribution in [1.29, 1.82) is 0 Å². The van der Waals surface area contributed by atoms with Crippen molar-refractivity contribution in [2.45, 2.75) is 64.2 Å². The molecule has 1 aliphatic carbocycles. The lowest BCUT2D eigenvalue weighted by atomic mass is 9.71. The third kappa shape index (κ3) is 2.57. The van der Waals surface area contributed by atoms with E-state index in [-0.39, 0.29) is 23.2 Å². The molecule has 1 aromatic carbocycles. The van der Waals surface area contributed by atoms with Gasteiger partial charge in [-0.3, -0.25) is 0 Å². The van der Waals surface area contributed by atoms with Gasteiger partial charge in [-0.25, -0.2) is 0 Å². The Morgan fingerprint density at radius 1 is 1.30 bits per heavy atom. The molecule has 0 unspecified atom stereocenters. The van der Waals surface area contributed by atoms with Gasteiger partial charge in [0.1, 0.15) is 11.4 Å². The van der Waals surface area contributed by atoms with Crippen LogP contribution in [-0.2, 0) is 6.42 Å². The molecule has 110 valence electrons. The molecular formula is C17H25NO2. The van der Waals surface area contributed by atoms with E-state index in [1.807, 2.05) is 0 Å². The molecule has 3 heteroatoms. The normalized spacial score (nSPS) is 32.5. The minimum atomic E-state index is -0.219. The van der Waals surface area contributed by atoms with Gasteiger partial charge in [-0.2, -0.15) is 0 Å². The van der Waals surface area contributed by atoms with Crippen LogP contribution in [0.3, 0.4) is 0 Å². The van der Waals surface area contributed by atoms with Gasteiger partial charge in [0.25, 0.3) is 0 Å². The molecule has 3 N–H and O–H groups in total. The number of aliphatic hydroxyl groups is 1. The van der Waals surface area contributed by atoms with Crippen LogP contribution >= 0.6 is 0 Å². The number of nitrogens with two attached hydrogens (primary N) is 1. The maximum atomic E-state index is 9.55. The Morgan fingerprint density at radius 3 is 2.60 bits per heavy atom. The second-order valence-electron chi connectivity index (χ2n) is 7.77. The molecular weight excluding hydrogens is 250 g/mol. The lowest BCUT2D eigenvalue weighted by molar-refractivity contribution is -0.110. The number of hydrogen-bond donors (Lipinski definition) is 2. The van der Waals surface area contributed by atoms with E-state index in [4.69, 9.17) is 10.5 Å². The Balaban J connectivity index is 1.84. The van der Waals surface area contributed by atoms with E-state index in [0.29, 0.717) is 12.8 Å². The molecule has 2 aliphatic rings. The molecule has 0 saturated heterocycles. The Bertz CT molecular complexity index is 512. The summed E-state index contributed by atoms with van der Waals surface area (Å²) in [6, 6.07) is 6.42. The summed E-state index contributed by atoms with van der Waals surface area (Å²) < 4.78 is 6.14. The van der Waals surface area contributed by atoms with E-state index in [1.54, 1.807) is 0 Å². The van der Waals surface area contributed by atoms with Gasteiger partial charge >= 0.3 is 0 Å². The first-order valence-corrected chi connectivity index (χ1v) is 7.52. The van der Waals surface area contributed by atoms with Crippen molar-refractivity contribution in [3.8, 4) is 5.75 Å². The summed E-state index contributed by atoms with van der Waals surface area (Å²) in [6.45, 7) is 6.73. The largest absolute Gasteiger partial charge is 0.487 e. The van der Waals surface area contributed by atoms with E-state index < -0.39 is 0 Å². The first kappa shape index (κ1) is 13.9. The van der Waals surface area contributed by atoms with Gasteiger partial charge < -0.3 is 15.6 Å². The molecule has 1 aromatic rings. The molecule has 1 saturated carbocycles. The second-order valence-corrected chi connectivity index (χ2v) is 7.77. The lowest BCUT2D eigenvalue weighted by Gasteiger charge is -2.49. The zero-order chi connectivity index (χ0) is 14.5. The number of ether oxygens (including phenoxy) is 1. The number of hydrogen-bond acceptors (Lipinski definition) is 3. The average Bonchev–Trinajstić information content (AvgIpc) is 2.26. The monoisotopic (exact) mass is 275 g/mol. The first-order valence-electron chi connectivity index (χ1n) is 7.52. The Labute approximate surface area is 121 Å². The van der Waals surface area contributed by atoms with E-state index in [9.17, 15) is 5.11 Å². The topological polar surface area (TPSA) is 55.5 Å². The quantitative estimate of drug-likeness (QED) is 0.828. The van der Waals surface area contributed by atoms with Gasteiger partial charge in [-0.15, -0.1) is 0 Å². The summed E-state index contributed by atoms with van der Waals surface area (Å²) in [7, 11) is 0. The van der Waals surface area contributed by atoms with Gasteiger partial charge in [0.05, 0.1) is 6.10 Å². The molecule has 3 nitrogen and oxygen atoms in total. The van der Waals surface area contributed by atoms with Crippen LogP contribution in [0.1, 0.15) is 57.2 Å². The molecule has 0 radical (unpaired) electrons. The zero-order valence-electron chi connectivity index (χ0n) is 12.6. The van der Waals surface area contributed by atoms with Crippen molar-refractivity contribution in [3.63, 3.8) is 0 Å². The molecule has 0 bridgehead atoms. The molecule has 1 aliphatic heterocycles. The molecule has 1 atom stereocenters. The summed E-state index contributed by atoms with van der Waals surface area (Å²) >= 11 is 0. The van der Waals surface area contributed by atoms with Crippen LogP contribution in [0.5, 0.6) is 5.75 Å². The zero-order valence-corrected chi connectivity index (χ0v) is 12.6. The molecule has 0 aromatic heterocycles. The Morgan fingerprint density at radius 2 is 2.00 bits per heavy atom. The van der Waals surface area contributed by atoms with Crippen LogP contribution in [0.15, 0.2) is 18.2 Å². The smallest absolute Gasteiger partial charge is 0.124 e. The predicted molar refractivity (Wildman–Crippen MR) is 79.7 cm³/mol. The second kappa shape index (κ2) is 4.47. The highest BCUT2D eigenvalue weighted by Crippen LogP contribution is 2.48. The molecule has 0 amide bonds. The fraction of sp³-hybridized carbons (Fsp3) is 0.647. The van der Waals surface area contributed by atoms with Crippen molar-refractivity contribution in [2.75, 3.05) is 0 Å². The van der Waals surface area contributed by atoms with E-state index >= 15 is 0 Å². The minimum absolute atomic E-state index is 0.0196. The fourth-order valence-corrected chi connectivity index (χ4v) is 3.54. The summed E-state index contributed by atoms with van der Waals surface area (Å²) in [4.78, 5) is 0. The lowest BCUT2D eigenvalue weighted by Crippen LogP contribution is -2.55. The van der Waals surface area contributed by atoms with Crippen LogP contribution in [0, 0.1) is 5.41 Å². The standard InChI is InChI=1S/C17H25NO2/c1-16(2,3)7-11-4-5-15-13(6-11)14(18)10-17(20-15)8-12(19)9-17/h4-6,12,14,19H,7-10,18H2,1-3H3/t12-,14-,17+/m0/s1. The molecule has 1 spiro atoms. The maximum absolute atomic E-state index is 9.55. The Kier molecular flexibility index (Phi) is 3.11. The van der Waals surface area contributed by atoms with Crippen LogP contribution in [0.25, 0.3) is 0 Å². The van der Waals surface area contributed by atoms with Gasteiger partial charge in [-0.05, 0) is 23.5 Å². The minimum Gasteiger partial charge on any atom is -0.487 e. The van der Waals surface area contributed by atoms with Crippen LogP contribution < -0.4 is 10.5 Å². The predicted octanol–water partition coefficient (Wildman–Crippen LogP) is 2.95. The van der Waals surface area contributed by atoms with E-state index in [2.05, 4.69) is 39.0 Å². The van der Waals surface area contributed by atoms with Crippen LogP contribution in [0.2, 0.25) is 0 Å². The summed E-state index contributed by atoms with van der Waals surface area (Å²) in [6.07, 6.45) is 3.06. The number of fused-ring (bicyclic) bond motifs is 1. The number of aliphatic hydroxyl groups excluding tert-OH is 1. The van der Waals surface area contributed by atoms with Crippen molar-refractivity contribution < 1.29 is 9.84 Å². The third-order valence-corrected chi connectivity index (χ3v) is 4.34. The highest BCUT2D eigenvalue weighted by atomic mass is 16.5. The number of rotatable bonds is 1. The van der Waals surface area contributed by atoms with Crippen molar-refractivity contribution >= 4 is 0 Å². The highest BCUT2D eigenvalue weighted by Gasteiger charge is 2.49. The summed E-state index contributed by atoms with van der Waals surface area (Å²) in [5.41, 5.74) is 8.85. The molecule has 1 heterocycles. The Hall–Kier alpha value is -1.06. The third-order valence-electron chi connectivity index (χ3n) is 4.34. The molecule has 1 fully saturated rings. The van der Waals surface area contributed by atoms with Crippen molar-refractivity contribution in [3.05, 3.63) is 29.3 Å². The van der Waals surface area contributed by atoms with Gasteiger partial charge in [0.2, 0.25) is 0 Å². The van der Waals surface area contributed by atoms with Gasteiger partial charge in [-0.1, -0.05) is 32.9 Å². The van der Waals surface area contributed by atoms with Gasteiger partial charge in [0, 0.05) is 30.9 Å². The first-order chi connectivity index (χ1) is 9.26. The number of benzene rings is 1. The summed E-state index contributed by atoms with van der Waals surface area (Å²) in [5, 5.41) is 9.55. The highest BCUT2D eigenvalue weighted by molar-refractivity contribution is 5.42. The van der Waals surface area contributed by atoms with Crippen LogP contribution in [-0.4, -0.2) is 16.8 Å². The van der Waals surface area contributed by atoms with E-state index in [1.165, 1.54) is 5.56 Å². The van der Waals surface area contributed by atoms with Crippen molar-refractivity contribution in [1.82, 2.24) is 0 Å².